The summed E-state index contributed by atoms with van der Waals surface area (Å²) >= 11 is 1.24. The predicted molar refractivity (Wildman–Crippen MR) is 132 cm³/mol. The molecular weight excluding hydrogens is 436 g/mol. The van der Waals surface area contributed by atoms with Gasteiger partial charge in [-0.1, -0.05) is 42.1 Å². The smallest absolute Gasteiger partial charge is 0.283 e. The van der Waals surface area contributed by atoms with Crippen LogP contribution in [0.2, 0.25) is 0 Å². The molecule has 0 aliphatic rings. The number of aromatic amines is 1. The number of hydrogen-bond donors (Lipinski definition) is 2. The van der Waals surface area contributed by atoms with Crippen LogP contribution in [0.3, 0.4) is 0 Å². The lowest BCUT2D eigenvalue weighted by Gasteiger charge is -2.14. The Morgan fingerprint density at radius 3 is 2.55 bits per heavy atom. The first-order valence-electron chi connectivity index (χ1n) is 10.8. The average Bonchev–Trinajstić information content (AvgIpc) is 3.23. The number of amides is 1. The lowest BCUT2D eigenvalue weighted by atomic mass is 10.1. The van der Waals surface area contributed by atoms with Gasteiger partial charge in [0.1, 0.15) is 16.8 Å². The van der Waals surface area contributed by atoms with Gasteiger partial charge in [-0.05, 0) is 50.6 Å². The minimum absolute atomic E-state index is 0.0381. The van der Waals surface area contributed by atoms with E-state index in [2.05, 4.69) is 10.3 Å². The van der Waals surface area contributed by atoms with Crippen molar-refractivity contribution in [2.24, 2.45) is 0 Å². The highest BCUT2D eigenvalue weighted by Crippen LogP contribution is 2.29. The first-order chi connectivity index (χ1) is 16.0. The SMILES string of the molecule is CCOc1ccc(-n2c(SCC(=O)NC(C)C)nc3c(-c4ccccc4)c[nH]c3c2=O)cc1. The number of fused-ring (bicyclic) bond motifs is 1. The fourth-order valence-corrected chi connectivity index (χ4v) is 4.37. The van der Waals surface area contributed by atoms with E-state index in [1.807, 2.05) is 75.4 Å². The largest absolute Gasteiger partial charge is 0.494 e. The number of hydrogen-bond acceptors (Lipinski definition) is 5. The maximum atomic E-state index is 13.6. The Labute approximate surface area is 196 Å². The minimum Gasteiger partial charge on any atom is -0.494 e. The van der Waals surface area contributed by atoms with Crippen molar-refractivity contribution in [3.05, 3.63) is 71.1 Å². The van der Waals surface area contributed by atoms with Crippen molar-refractivity contribution in [3.8, 4) is 22.6 Å². The molecule has 0 aliphatic carbocycles. The van der Waals surface area contributed by atoms with E-state index in [1.165, 1.54) is 16.3 Å². The number of aromatic nitrogens is 3. The summed E-state index contributed by atoms with van der Waals surface area (Å²) in [6.07, 6.45) is 1.80. The zero-order valence-corrected chi connectivity index (χ0v) is 19.6. The highest BCUT2D eigenvalue weighted by atomic mass is 32.2. The number of nitrogens with one attached hydrogen (secondary N) is 2. The number of rotatable bonds is 8. The summed E-state index contributed by atoms with van der Waals surface area (Å²) in [5.74, 6) is 0.762. The lowest BCUT2D eigenvalue weighted by molar-refractivity contribution is -0.119. The molecule has 0 atom stereocenters. The fraction of sp³-hybridized carbons (Fsp3) is 0.240. The molecule has 0 saturated carbocycles. The van der Waals surface area contributed by atoms with Crippen LogP contribution in [0.25, 0.3) is 27.8 Å². The molecule has 0 fully saturated rings. The summed E-state index contributed by atoms with van der Waals surface area (Å²) in [5.41, 5.74) is 3.23. The maximum absolute atomic E-state index is 13.6. The van der Waals surface area contributed by atoms with Crippen molar-refractivity contribution in [3.63, 3.8) is 0 Å². The van der Waals surface area contributed by atoms with Crippen LogP contribution < -0.4 is 15.6 Å². The number of H-pyrrole nitrogens is 1. The summed E-state index contributed by atoms with van der Waals surface area (Å²) in [5, 5.41) is 3.33. The molecule has 0 spiro atoms. The Hall–Kier alpha value is -3.52. The van der Waals surface area contributed by atoms with Gasteiger partial charge in [-0.15, -0.1) is 0 Å². The van der Waals surface area contributed by atoms with Gasteiger partial charge in [0.15, 0.2) is 5.16 Å². The highest BCUT2D eigenvalue weighted by molar-refractivity contribution is 7.99. The average molecular weight is 463 g/mol. The van der Waals surface area contributed by atoms with Gasteiger partial charge in [-0.2, -0.15) is 0 Å². The molecule has 170 valence electrons. The molecule has 0 saturated heterocycles. The molecule has 33 heavy (non-hydrogen) atoms. The van der Waals surface area contributed by atoms with E-state index in [0.29, 0.717) is 28.5 Å². The van der Waals surface area contributed by atoms with E-state index in [4.69, 9.17) is 9.72 Å². The van der Waals surface area contributed by atoms with Gasteiger partial charge in [0.2, 0.25) is 5.91 Å². The fourth-order valence-electron chi connectivity index (χ4n) is 3.55. The molecule has 7 nitrogen and oxygen atoms in total. The van der Waals surface area contributed by atoms with E-state index >= 15 is 0 Å². The third-order valence-electron chi connectivity index (χ3n) is 4.94. The van der Waals surface area contributed by atoms with Crippen LogP contribution in [0.1, 0.15) is 20.8 Å². The summed E-state index contributed by atoms with van der Waals surface area (Å²) in [6.45, 7) is 6.30. The molecule has 0 radical (unpaired) electrons. The molecular formula is C25H26N4O3S. The Morgan fingerprint density at radius 2 is 1.88 bits per heavy atom. The second-order valence-corrected chi connectivity index (χ2v) is 8.71. The normalized spacial score (nSPS) is 11.2. The number of carbonyl (C=O) groups is 1. The second kappa shape index (κ2) is 9.95. The zero-order chi connectivity index (χ0) is 23.4. The van der Waals surface area contributed by atoms with Crippen molar-refractivity contribution in [1.29, 1.82) is 0 Å². The standard InChI is InChI=1S/C25H26N4O3S/c1-4-32-19-12-10-18(11-13-19)29-24(31)23-22(20(14-26-23)17-8-6-5-7-9-17)28-25(29)33-15-21(30)27-16(2)3/h5-14,16,26H,4,15H2,1-3H3,(H,27,30). The topological polar surface area (TPSA) is 89.0 Å². The molecule has 1 amide bonds. The molecule has 4 aromatic rings. The van der Waals surface area contributed by atoms with E-state index < -0.39 is 0 Å². The van der Waals surface area contributed by atoms with Crippen molar-refractivity contribution >= 4 is 28.7 Å². The second-order valence-electron chi connectivity index (χ2n) is 7.76. The number of nitrogens with zero attached hydrogens (tertiary/aromatic N) is 2. The number of ether oxygens (including phenoxy) is 1. The van der Waals surface area contributed by atoms with Crippen LogP contribution in [0.5, 0.6) is 5.75 Å². The zero-order valence-electron chi connectivity index (χ0n) is 18.8. The monoisotopic (exact) mass is 462 g/mol. The molecule has 4 rings (SSSR count). The van der Waals surface area contributed by atoms with Crippen molar-refractivity contribution in [2.45, 2.75) is 32.0 Å². The number of thioether (sulfide) groups is 1. The van der Waals surface area contributed by atoms with Crippen LogP contribution in [0, 0.1) is 0 Å². The van der Waals surface area contributed by atoms with E-state index in [1.54, 1.807) is 6.20 Å². The predicted octanol–water partition coefficient (Wildman–Crippen LogP) is 4.40. The molecule has 0 bridgehead atoms. The Kier molecular flexibility index (Phi) is 6.84. The van der Waals surface area contributed by atoms with E-state index in [9.17, 15) is 9.59 Å². The summed E-state index contributed by atoms with van der Waals surface area (Å²) in [6, 6.07) is 17.1. The van der Waals surface area contributed by atoms with Gasteiger partial charge in [0.25, 0.3) is 5.56 Å². The van der Waals surface area contributed by atoms with E-state index in [0.717, 1.165) is 16.9 Å². The van der Waals surface area contributed by atoms with Gasteiger partial charge in [-0.25, -0.2) is 4.98 Å². The molecule has 2 aromatic heterocycles. The quantitative estimate of drug-likeness (QED) is 0.299. The van der Waals surface area contributed by atoms with Crippen molar-refractivity contribution < 1.29 is 9.53 Å². The lowest BCUT2D eigenvalue weighted by Crippen LogP contribution is -2.32. The first kappa shape index (κ1) is 22.7. The third-order valence-corrected chi connectivity index (χ3v) is 5.88. The molecule has 2 aromatic carbocycles. The van der Waals surface area contributed by atoms with Crippen LogP contribution >= 0.6 is 11.8 Å². The highest BCUT2D eigenvalue weighted by Gasteiger charge is 2.19. The number of benzene rings is 2. The van der Waals surface area contributed by atoms with Crippen LogP contribution in [-0.4, -0.2) is 38.8 Å². The van der Waals surface area contributed by atoms with Gasteiger partial charge in [0, 0.05) is 17.8 Å². The Balaban J connectivity index is 1.83. The third kappa shape index (κ3) is 4.96. The molecule has 2 N–H and O–H groups in total. The van der Waals surface area contributed by atoms with Gasteiger partial charge in [0.05, 0.1) is 18.0 Å². The summed E-state index contributed by atoms with van der Waals surface area (Å²) in [7, 11) is 0. The number of carbonyl (C=O) groups excluding carboxylic acids is 1. The Bertz CT molecular complexity index is 1310. The van der Waals surface area contributed by atoms with Gasteiger partial charge in [-0.3, -0.25) is 14.2 Å². The van der Waals surface area contributed by atoms with Gasteiger partial charge >= 0.3 is 0 Å². The van der Waals surface area contributed by atoms with Gasteiger partial charge < -0.3 is 15.0 Å². The van der Waals surface area contributed by atoms with Crippen LogP contribution in [-0.2, 0) is 4.79 Å². The van der Waals surface area contributed by atoms with Crippen LogP contribution in [0.4, 0.5) is 0 Å². The van der Waals surface area contributed by atoms with Crippen LogP contribution in [0.15, 0.2) is 70.7 Å². The molecule has 0 unspecified atom stereocenters. The van der Waals surface area contributed by atoms with Crippen molar-refractivity contribution in [1.82, 2.24) is 19.9 Å². The molecule has 0 aliphatic heterocycles. The minimum atomic E-state index is -0.224. The Morgan fingerprint density at radius 1 is 1.15 bits per heavy atom. The summed E-state index contributed by atoms with van der Waals surface area (Å²) in [4.78, 5) is 33.8. The first-order valence-corrected chi connectivity index (χ1v) is 11.8. The maximum Gasteiger partial charge on any atom is 0.283 e. The molecule has 2 heterocycles. The summed E-state index contributed by atoms with van der Waals surface area (Å²) < 4.78 is 7.07. The molecule has 8 heteroatoms. The van der Waals surface area contributed by atoms with E-state index in [-0.39, 0.29) is 23.3 Å². The van der Waals surface area contributed by atoms with Crippen molar-refractivity contribution in [2.75, 3.05) is 12.4 Å².